The molecule has 0 atom stereocenters. The van der Waals surface area contributed by atoms with E-state index in [1.165, 1.54) is 32.5 Å². The molecule has 3 fully saturated rings. The zero-order valence-corrected chi connectivity index (χ0v) is 10.0. The summed E-state index contributed by atoms with van der Waals surface area (Å²) in [7, 11) is 0. The zero-order valence-electron chi connectivity index (χ0n) is 10.0. The fourth-order valence-corrected chi connectivity index (χ4v) is 3.45. The largest absolute Gasteiger partial charge is 0.380 e. The highest BCUT2D eigenvalue weighted by atomic mass is 16.5. The number of hydrogen-bond acceptors (Lipinski definition) is 2. The third-order valence-electron chi connectivity index (χ3n) is 4.67. The quantitative estimate of drug-likeness (QED) is 0.705. The number of nitrogens with zero attached hydrogens (tertiary/aromatic N) is 1. The molecule has 0 N–H and O–H groups in total. The van der Waals surface area contributed by atoms with E-state index < -0.39 is 0 Å². The molecule has 3 rings (SSSR count). The average Bonchev–Trinajstić information content (AvgIpc) is 1.93. The maximum Gasteiger partial charge on any atom is 0.0569 e. The van der Waals surface area contributed by atoms with E-state index >= 15 is 0 Å². The van der Waals surface area contributed by atoms with Gasteiger partial charge >= 0.3 is 0 Å². The summed E-state index contributed by atoms with van der Waals surface area (Å²) in [6.07, 6.45) is 2.97. The van der Waals surface area contributed by atoms with Gasteiger partial charge in [0.2, 0.25) is 0 Å². The van der Waals surface area contributed by atoms with Crippen LogP contribution in [0, 0.1) is 23.2 Å². The molecular weight excluding hydrogens is 186 g/mol. The van der Waals surface area contributed by atoms with Crippen molar-refractivity contribution in [2.24, 2.45) is 23.2 Å². The maximum absolute atomic E-state index is 5.30. The minimum atomic E-state index is 0.612. The molecule has 15 heavy (non-hydrogen) atoms. The van der Waals surface area contributed by atoms with Crippen molar-refractivity contribution in [3.63, 3.8) is 0 Å². The highest BCUT2D eigenvalue weighted by Crippen LogP contribution is 2.43. The molecule has 0 aromatic heterocycles. The lowest BCUT2D eigenvalue weighted by atomic mass is 9.68. The SMILES string of the molecule is CC(C)C1CC(CN2CC3(COC3)C2)C1. The van der Waals surface area contributed by atoms with Crippen molar-refractivity contribution in [1.82, 2.24) is 4.90 Å². The predicted octanol–water partition coefficient (Wildman–Crippen LogP) is 2.00. The standard InChI is InChI=1S/C13H23NO/c1-10(2)12-3-11(4-12)5-14-6-13(7-14)8-15-9-13/h10-12H,3-9H2,1-2H3. The van der Waals surface area contributed by atoms with Gasteiger partial charge in [0.05, 0.1) is 13.2 Å². The van der Waals surface area contributed by atoms with Crippen molar-refractivity contribution in [3.8, 4) is 0 Å². The summed E-state index contributed by atoms with van der Waals surface area (Å²) in [6.45, 7) is 10.8. The van der Waals surface area contributed by atoms with E-state index in [4.69, 9.17) is 4.74 Å². The van der Waals surface area contributed by atoms with Crippen LogP contribution < -0.4 is 0 Å². The topological polar surface area (TPSA) is 12.5 Å². The van der Waals surface area contributed by atoms with Crippen molar-refractivity contribution < 1.29 is 4.74 Å². The van der Waals surface area contributed by atoms with Gasteiger partial charge in [-0.1, -0.05) is 13.8 Å². The van der Waals surface area contributed by atoms with Crippen molar-refractivity contribution in [2.75, 3.05) is 32.8 Å². The Morgan fingerprint density at radius 3 is 2.40 bits per heavy atom. The van der Waals surface area contributed by atoms with Gasteiger partial charge in [-0.15, -0.1) is 0 Å². The fraction of sp³-hybridized carbons (Fsp3) is 1.00. The minimum Gasteiger partial charge on any atom is -0.380 e. The van der Waals surface area contributed by atoms with Crippen LogP contribution in [0.1, 0.15) is 26.7 Å². The van der Waals surface area contributed by atoms with Crippen molar-refractivity contribution in [2.45, 2.75) is 26.7 Å². The van der Waals surface area contributed by atoms with Crippen LogP contribution in [-0.2, 0) is 4.74 Å². The molecule has 0 bridgehead atoms. The van der Waals surface area contributed by atoms with Gasteiger partial charge in [0.1, 0.15) is 0 Å². The first kappa shape index (κ1) is 10.1. The second kappa shape index (κ2) is 3.46. The number of ether oxygens (including phenoxy) is 1. The van der Waals surface area contributed by atoms with Crippen LogP contribution in [0.4, 0.5) is 0 Å². The van der Waals surface area contributed by atoms with Crippen LogP contribution in [-0.4, -0.2) is 37.7 Å². The van der Waals surface area contributed by atoms with Crippen LogP contribution >= 0.6 is 0 Å². The van der Waals surface area contributed by atoms with Crippen LogP contribution in [0.25, 0.3) is 0 Å². The van der Waals surface area contributed by atoms with E-state index in [9.17, 15) is 0 Å². The summed E-state index contributed by atoms with van der Waals surface area (Å²) in [5, 5.41) is 0. The zero-order chi connectivity index (χ0) is 10.5. The third kappa shape index (κ3) is 1.72. The lowest BCUT2D eigenvalue weighted by molar-refractivity contribution is -0.193. The normalized spacial score (nSPS) is 38.6. The van der Waals surface area contributed by atoms with Crippen molar-refractivity contribution >= 4 is 0 Å². The lowest BCUT2D eigenvalue weighted by Gasteiger charge is -2.56. The molecule has 0 aromatic carbocycles. The van der Waals surface area contributed by atoms with Crippen LogP contribution in [0.15, 0.2) is 0 Å². The summed E-state index contributed by atoms with van der Waals surface area (Å²) in [5.41, 5.74) is 0.612. The average molecular weight is 209 g/mol. The molecule has 2 heteroatoms. The van der Waals surface area contributed by atoms with E-state index in [1.54, 1.807) is 0 Å². The van der Waals surface area contributed by atoms with Gasteiger partial charge in [0.15, 0.2) is 0 Å². The Morgan fingerprint density at radius 1 is 1.27 bits per heavy atom. The van der Waals surface area contributed by atoms with E-state index in [-0.39, 0.29) is 0 Å². The minimum absolute atomic E-state index is 0.612. The summed E-state index contributed by atoms with van der Waals surface area (Å²) in [5.74, 6) is 2.94. The van der Waals surface area contributed by atoms with Gasteiger partial charge < -0.3 is 9.64 Å². The van der Waals surface area contributed by atoms with Gasteiger partial charge in [-0.05, 0) is 30.6 Å². The lowest BCUT2D eigenvalue weighted by Crippen LogP contribution is -2.66. The molecule has 2 heterocycles. The van der Waals surface area contributed by atoms with Crippen molar-refractivity contribution in [3.05, 3.63) is 0 Å². The van der Waals surface area contributed by atoms with Crippen molar-refractivity contribution in [1.29, 1.82) is 0 Å². The second-order valence-corrected chi connectivity index (χ2v) is 6.50. The molecule has 3 aliphatic rings. The van der Waals surface area contributed by atoms with Gasteiger partial charge in [0, 0.05) is 25.0 Å². The molecule has 2 aliphatic heterocycles. The Kier molecular flexibility index (Phi) is 2.33. The third-order valence-corrected chi connectivity index (χ3v) is 4.67. The fourth-order valence-electron chi connectivity index (χ4n) is 3.45. The molecule has 0 aromatic rings. The smallest absolute Gasteiger partial charge is 0.0569 e. The first-order valence-corrected chi connectivity index (χ1v) is 6.47. The molecule has 1 aliphatic carbocycles. The van der Waals surface area contributed by atoms with E-state index in [2.05, 4.69) is 18.7 Å². The number of rotatable bonds is 3. The monoisotopic (exact) mass is 209 g/mol. The predicted molar refractivity (Wildman–Crippen MR) is 60.7 cm³/mol. The van der Waals surface area contributed by atoms with Gasteiger partial charge in [-0.2, -0.15) is 0 Å². The summed E-state index contributed by atoms with van der Waals surface area (Å²) in [6, 6.07) is 0. The highest BCUT2D eigenvalue weighted by molar-refractivity contribution is 5.00. The van der Waals surface area contributed by atoms with Gasteiger partial charge in [-0.25, -0.2) is 0 Å². The van der Waals surface area contributed by atoms with Crippen LogP contribution in [0.2, 0.25) is 0 Å². The molecule has 2 nitrogen and oxygen atoms in total. The Morgan fingerprint density at radius 2 is 1.93 bits per heavy atom. The molecule has 0 amide bonds. The molecule has 1 spiro atoms. The second-order valence-electron chi connectivity index (χ2n) is 6.50. The molecule has 86 valence electrons. The summed E-state index contributed by atoms with van der Waals surface area (Å²) in [4.78, 5) is 2.64. The molecular formula is C13H23NO. The molecule has 0 radical (unpaired) electrons. The molecule has 0 unspecified atom stereocenters. The Labute approximate surface area is 93.0 Å². The Balaban J connectivity index is 1.35. The van der Waals surface area contributed by atoms with E-state index in [1.807, 2.05) is 0 Å². The first-order valence-electron chi connectivity index (χ1n) is 6.47. The molecule has 2 saturated heterocycles. The van der Waals surface area contributed by atoms with Gasteiger partial charge in [-0.3, -0.25) is 0 Å². The summed E-state index contributed by atoms with van der Waals surface area (Å²) < 4.78 is 5.30. The van der Waals surface area contributed by atoms with Gasteiger partial charge in [0.25, 0.3) is 0 Å². The first-order chi connectivity index (χ1) is 7.17. The van der Waals surface area contributed by atoms with E-state index in [0.29, 0.717) is 5.41 Å². The van der Waals surface area contributed by atoms with Crippen LogP contribution in [0.3, 0.4) is 0 Å². The summed E-state index contributed by atoms with van der Waals surface area (Å²) >= 11 is 0. The number of likely N-dealkylation sites (tertiary alicyclic amines) is 1. The van der Waals surface area contributed by atoms with E-state index in [0.717, 1.165) is 31.0 Å². The number of hydrogen-bond donors (Lipinski definition) is 0. The molecule has 1 saturated carbocycles. The maximum atomic E-state index is 5.30. The Bertz CT molecular complexity index is 233. The highest BCUT2D eigenvalue weighted by Gasteiger charge is 2.49. The Hall–Kier alpha value is -0.0800. The van der Waals surface area contributed by atoms with Crippen LogP contribution in [0.5, 0.6) is 0 Å².